The third-order valence-corrected chi connectivity index (χ3v) is 4.90. The number of hydrogen-bond acceptors (Lipinski definition) is 7. The summed E-state index contributed by atoms with van der Waals surface area (Å²) in [5.41, 5.74) is -0.261. The van der Waals surface area contributed by atoms with Crippen LogP contribution in [-0.2, 0) is 20.8 Å². The first-order valence-electron chi connectivity index (χ1n) is 10.2. The van der Waals surface area contributed by atoms with Gasteiger partial charge >= 0.3 is 12.1 Å². The monoisotopic (exact) mass is 416 g/mol. The van der Waals surface area contributed by atoms with Gasteiger partial charge in [0.2, 0.25) is 0 Å². The number of piperidine rings is 1. The van der Waals surface area contributed by atoms with Gasteiger partial charge in [-0.3, -0.25) is 9.59 Å². The van der Waals surface area contributed by atoms with E-state index < -0.39 is 5.60 Å². The molecule has 1 aromatic heterocycles. The lowest BCUT2D eigenvalue weighted by Gasteiger charge is -2.33. The number of aryl methyl sites for hydroxylation is 1. The Kier molecular flexibility index (Phi) is 6.69. The Morgan fingerprint density at radius 2 is 1.87 bits per heavy atom. The molecule has 0 spiro atoms. The third kappa shape index (κ3) is 5.77. The minimum absolute atomic E-state index is 0.0453. The topological polar surface area (TPSA) is 104 Å². The molecule has 30 heavy (non-hydrogen) atoms. The molecule has 0 radical (unpaired) electrons. The molecule has 2 heterocycles. The van der Waals surface area contributed by atoms with Crippen LogP contribution in [0.3, 0.4) is 0 Å². The van der Waals surface area contributed by atoms with E-state index in [0.29, 0.717) is 30.6 Å². The highest BCUT2D eigenvalue weighted by molar-refractivity contribution is 5.76. The molecule has 1 aromatic carbocycles. The molecule has 1 aliphatic heterocycles. The minimum atomic E-state index is -0.513. The molecule has 1 saturated heterocycles. The van der Waals surface area contributed by atoms with Crippen LogP contribution in [0, 0.1) is 5.92 Å². The predicted octanol–water partition coefficient (Wildman–Crippen LogP) is 2.37. The number of nitrogens with zero attached hydrogens (tertiary/aromatic N) is 4. The molecule has 0 unspecified atom stereocenters. The van der Waals surface area contributed by atoms with Crippen molar-refractivity contribution in [1.82, 2.24) is 19.9 Å². The number of benzene rings is 1. The molecule has 162 valence electrons. The molecule has 2 aromatic rings. The number of amides is 1. The SMILES string of the molecule is CC(C)(C)OC(=O)N1CCC(COC(=O)CCn2nnc3ccccc3c2=O)CC1. The smallest absolute Gasteiger partial charge is 0.410 e. The average molecular weight is 416 g/mol. The largest absolute Gasteiger partial charge is 0.465 e. The Balaban J connectivity index is 1.41. The average Bonchev–Trinajstić information content (AvgIpc) is 2.71. The second-order valence-electron chi connectivity index (χ2n) is 8.48. The second kappa shape index (κ2) is 9.23. The van der Waals surface area contributed by atoms with Gasteiger partial charge in [-0.05, 0) is 51.7 Å². The van der Waals surface area contributed by atoms with Gasteiger partial charge in [-0.15, -0.1) is 5.10 Å². The predicted molar refractivity (Wildman–Crippen MR) is 110 cm³/mol. The summed E-state index contributed by atoms with van der Waals surface area (Å²) >= 11 is 0. The Labute approximate surface area is 174 Å². The fourth-order valence-electron chi connectivity index (χ4n) is 3.26. The number of likely N-dealkylation sites (tertiary alicyclic amines) is 1. The molecule has 0 N–H and O–H groups in total. The molecular weight excluding hydrogens is 388 g/mol. The van der Waals surface area contributed by atoms with Crippen LogP contribution in [0.4, 0.5) is 4.79 Å². The van der Waals surface area contributed by atoms with Crippen LogP contribution < -0.4 is 5.56 Å². The maximum absolute atomic E-state index is 12.4. The summed E-state index contributed by atoms with van der Waals surface area (Å²) < 4.78 is 11.9. The van der Waals surface area contributed by atoms with E-state index in [9.17, 15) is 14.4 Å². The van der Waals surface area contributed by atoms with Crippen LogP contribution in [-0.4, -0.2) is 57.3 Å². The van der Waals surface area contributed by atoms with Crippen molar-refractivity contribution >= 4 is 23.0 Å². The van der Waals surface area contributed by atoms with Crippen molar-refractivity contribution in [3.8, 4) is 0 Å². The summed E-state index contributed by atoms with van der Waals surface area (Å²) in [6.45, 7) is 7.11. The van der Waals surface area contributed by atoms with E-state index in [1.807, 2.05) is 20.8 Å². The van der Waals surface area contributed by atoms with Crippen molar-refractivity contribution in [1.29, 1.82) is 0 Å². The Morgan fingerprint density at radius 3 is 2.57 bits per heavy atom. The second-order valence-corrected chi connectivity index (χ2v) is 8.48. The fraction of sp³-hybridized carbons (Fsp3) is 0.571. The standard InChI is InChI=1S/C21H28N4O5/c1-21(2,3)30-20(28)24-11-8-15(9-12-24)14-29-18(26)10-13-25-19(27)16-6-4-5-7-17(16)22-23-25/h4-7,15H,8-14H2,1-3H3. The van der Waals surface area contributed by atoms with Crippen molar-refractivity contribution < 1.29 is 19.1 Å². The number of ether oxygens (including phenoxy) is 2. The minimum Gasteiger partial charge on any atom is -0.465 e. The van der Waals surface area contributed by atoms with E-state index >= 15 is 0 Å². The Bertz CT molecular complexity index is 958. The molecule has 3 rings (SSSR count). The van der Waals surface area contributed by atoms with E-state index in [1.165, 1.54) is 4.68 Å². The summed E-state index contributed by atoms with van der Waals surface area (Å²) in [4.78, 5) is 38.3. The van der Waals surface area contributed by atoms with Crippen molar-refractivity contribution in [3.05, 3.63) is 34.6 Å². The van der Waals surface area contributed by atoms with E-state index in [4.69, 9.17) is 9.47 Å². The van der Waals surface area contributed by atoms with Crippen molar-refractivity contribution in [2.24, 2.45) is 5.92 Å². The van der Waals surface area contributed by atoms with Gasteiger partial charge in [0.25, 0.3) is 5.56 Å². The number of rotatable bonds is 5. The number of carbonyl (C=O) groups excluding carboxylic acids is 2. The van der Waals surface area contributed by atoms with Gasteiger partial charge in [0, 0.05) is 13.1 Å². The number of esters is 1. The summed E-state index contributed by atoms with van der Waals surface area (Å²) in [7, 11) is 0. The number of hydrogen-bond donors (Lipinski definition) is 0. The van der Waals surface area contributed by atoms with Gasteiger partial charge in [-0.25, -0.2) is 9.48 Å². The molecule has 0 aliphatic carbocycles. The van der Waals surface area contributed by atoms with Crippen molar-refractivity contribution in [3.63, 3.8) is 0 Å². The van der Waals surface area contributed by atoms with Gasteiger partial charge in [-0.1, -0.05) is 17.3 Å². The van der Waals surface area contributed by atoms with Crippen LogP contribution >= 0.6 is 0 Å². The first-order chi connectivity index (χ1) is 14.2. The third-order valence-electron chi connectivity index (χ3n) is 4.90. The first kappa shape index (κ1) is 21.7. The zero-order valence-corrected chi connectivity index (χ0v) is 17.7. The van der Waals surface area contributed by atoms with E-state index in [-0.39, 0.29) is 36.5 Å². The molecule has 0 bridgehead atoms. The van der Waals surface area contributed by atoms with E-state index in [1.54, 1.807) is 29.2 Å². The number of fused-ring (bicyclic) bond motifs is 1. The first-order valence-corrected chi connectivity index (χ1v) is 10.2. The van der Waals surface area contributed by atoms with Crippen LogP contribution in [0.25, 0.3) is 10.9 Å². The Morgan fingerprint density at radius 1 is 1.17 bits per heavy atom. The molecule has 1 fully saturated rings. The summed E-state index contributed by atoms with van der Waals surface area (Å²) in [6, 6.07) is 6.95. The molecule has 9 nitrogen and oxygen atoms in total. The van der Waals surface area contributed by atoms with Gasteiger partial charge < -0.3 is 14.4 Å². The van der Waals surface area contributed by atoms with Crippen LogP contribution in [0.2, 0.25) is 0 Å². The molecule has 9 heteroatoms. The maximum atomic E-state index is 12.4. The van der Waals surface area contributed by atoms with Gasteiger partial charge in [-0.2, -0.15) is 0 Å². The van der Waals surface area contributed by atoms with Crippen LogP contribution in [0.1, 0.15) is 40.0 Å². The summed E-state index contributed by atoms with van der Waals surface area (Å²) in [5, 5.41) is 8.35. The lowest BCUT2D eigenvalue weighted by atomic mass is 9.98. The highest BCUT2D eigenvalue weighted by Crippen LogP contribution is 2.20. The highest BCUT2D eigenvalue weighted by atomic mass is 16.6. The quantitative estimate of drug-likeness (QED) is 0.689. The maximum Gasteiger partial charge on any atom is 0.410 e. The number of aromatic nitrogens is 3. The lowest BCUT2D eigenvalue weighted by Crippen LogP contribution is -2.42. The van der Waals surface area contributed by atoms with Gasteiger partial charge in [0.15, 0.2) is 0 Å². The molecule has 0 saturated carbocycles. The van der Waals surface area contributed by atoms with E-state index in [2.05, 4.69) is 10.3 Å². The van der Waals surface area contributed by atoms with Crippen LogP contribution in [0.15, 0.2) is 29.1 Å². The Hall–Kier alpha value is -2.97. The van der Waals surface area contributed by atoms with Crippen molar-refractivity contribution in [2.45, 2.75) is 52.2 Å². The molecular formula is C21H28N4O5. The zero-order chi connectivity index (χ0) is 21.7. The normalized spacial score (nSPS) is 15.2. The molecule has 0 atom stereocenters. The molecule has 1 aliphatic rings. The zero-order valence-electron chi connectivity index (χ0n) is 17.7. The highest BCUT2D eigenvalue weighted by Gasteiger charge is 2.27. The van der Waals surface area contributed by atoms with Gasteiger partial charge in [0.1, 0.15) is 11.1 Å². The van der Waals surface area contributed by atoms with Crippen LogP contribution in [0.5, 0.6) is 0 Å². The van der Waals surface area contributed by atoms with E-state index in [0.717, 1.165) is 12.8 Å². The van der Waals surface area contributed by atoms with Crippen molar-refractivity contribution in [2.75, 3.05) is 19.7 Å². The lowest BCUT2D eigenvalue weighted by molar-refractivity contribution is -0.145. The van der Waals surface area contributed by atoms with Gasteiger partial charge in [0.05, 0.1) is 25.0 Å². The summed E-state index contributed by atoms with van der Waals surface area (Å²) in [6.07, 6.45) is 1.24. The number of carbonyl (C=O) groups is 2. The molecule has 1 amide bonds. The fourth-order valence-corrected chi connectivity index (χ4v) is 3.26. The summed E-state index contributed by atoms with van der Waals surface area (Å²) in [5.74, 6) is -0.178.